The van der Waals surface area contributed by atoms with Crippen LogP contribution in [0.15, 0.2) is 48.5 Å². The summed E-state index contributed by atoms with van der Waals surface area (Å²) < 4.78 is 0. The monoisotopic (exact) mass is 350 g/mol. The summed E-state index contributed by atoms with van der Waals surface area (Å²) in [5.74, 6) is -0.597. The number of halogens is 2. The lowest BCUT2D eigenvalue weighted by Crippen LogP contribution is -2.37. The smallest absolute Gasteiger partial charge is 0.253 e. The lowest BCUT2D eigenvalue weighted by Gasteiger charge is -2.17. The maximum absolute atomic E-state index is 12.1. The van der Waals surface area contributed by atoms with Gasteiger partial charge in [0, 0.05) is 18.6 Å². The molecule has 0 heterocycles. The molecule has 0 aromatic heterocycles. The molecule has 2 amide bonds. The molecule has 0 aliphatic rings. The molecule has 0 saturated carbocycles. The molecule has 6 heteroatoms. The highest BCUT2D eigenvalue weighted by Gasteiger charge is 2.14. The molecule has 23 heavy (non-hydrogen) atoms. The predicted octanol–water partition coefficient (Wildman–Crippen LogP) is 3.38. The minimum Gasteiger partial charge on any atom is -0.343 e. The average molecular weight is 351 g/mol. The molecule has 0 fully saturated rings. The van der Waals surface area contributed by atoms with E-state index in [4.69, 9.17) is 23.2 Å². The third kappa shape index (κ3) is 4.98. The third-order valence-corrected chi connectivity index (χ3v) is 3.81. The lowest BCUT2D eigenvalue weighted by atomic mass is 10.2. The van der Waals surface area contributed by atoms with E-state index >= 15 is 0 Å². The SMILES string of the molecule is CN(Cc1ccccc1)C(=O)CNC(=O)c1ccc(Cl)cc1Cl. The summed E-state index contributed by atoms with van der Waals surface area (Å²) in [6.45, 7) is 0.387. The van der Waals surface area contributed by atoms with Crippen LogP contribution in [0.25, 0.3) is 0 Å². The van der Waals surface area contributed by atoms with E-state index in [1.165, 1.54) is 12.1 Å². The second-order valence-corrected chi connectivity index (χ2v) is 5.89. The molecule has 2 rings (SSSR count). The number of carbonyl (C=O) groups excluding carboxylic acids is 2. The van der Waals surface area contributed by atoms with Gasteiger partial charge < -0.3 is 10.2 Å². The van der Waals surface area contributed by atoms with E-state index in [1.807, 2.05) is 30.3 Å². The van der Waals surface area contributed by atoms with Crippen LogP contribution < -0.4 is 5.32 Å². The van der Waals surface area contributed by atoms with Crippen LogP contribution in [0.5, 0.6) is 0 Å². The Labute approximate surface area is 145 Å². The van der Waals surface area contributed by atoms with Gasteiger partial charge in [-0.2, -0.15) is 0 Å². The number of nitrogens with zero attached hydrogens (tertiary/aromatic N) is 1. The number of hydrogen-bond acceptors (Lipinski definition) is 2. The average Bonchev–Trinajstić information content (AvgIpc) is 2.53. The second-order valence-electron chi connectivity index (χ2n) is 5.04. The van der Waals surface area contributed by atoms with E-state index in [9.17, 15) is 9.59 Å². The fourth-order valence-electron chi connectivity index (χ4n) is 2.01. The van der Waals surface area contributed by atoms with Crippen molar-refractivity contribution in [3.05, 3.63) is 69.7 Å². The molecule has 0 atom stereocenters. The Kier molecular flexibility index (Phi) is 6.02. The van der Waals surface area contributed by atoms with E-state index in [1.54, 1.807) is 18.0 Å². The zero-order chi connectivity index (χ0) is 16.8. The fraction of sp³-hybridized carbons (Fsp3) is 0.176. The van der Waals surface area contributed by atoms with Crippen molar-refractivity contribution in [3.8, 4) is 0 Å². The number of benzene rings is 2. The number of likely N-dealkylation sites (N-methyl/N-ethyl adjacent to an activating group) is 1. The van der Waals surface area contributed by atoms with Crippen LogP contribution in [-0.2, 0) is 11.3 Å². The molecular weight excluding hydrogens is 335 g/mol. The molecule has 0 unspecified atom stereocenters. The largest absolute Gasteiger partial charge is 0.343 e. The molecule has 0 saturated heterocycles. The number of nitrogens with one attached hydrogen (secondary N) is 1. The van der Waals surface area contributed by atoms with Crippen LogP contribution in [0.2, 0.25) is 10.0 Å². The van der Waals surface area contributed by atoms with Crippen LogP contribution in [0.1, 0.15) is 15.9 Å². The van der Waals surface area contributed by atoms with Crippen LogP contribution >= 0.6 is 23.2 Å². The molecule has 120 valence electrons. The van der Waals surface area contributed by atoms with Gasteiger partial charge in [0.2, 0.25) is 5.91 Å². The highest BCUT2D eigenvalue weighted by Crippen LogP contribution is 2.20. The van der Waals surface area contributed by atoms with Gasteiger partial charge in [0.05, 0.1) is 17.1 Å². The van der Waals surface area contributed by atoms with Crippen molar-refractivity contribution in [1.82, 2.24) is 10.2 Å². The maximum Gasteiger partial charge on any atom is 0.253 e. The Balaban J connectivity index is 1.89. The summed E-state index contributed by atoms with van der Waals surface area (Å²) in [6.07, 6.45) is 0. The van der Waals surface area contributed by atoms with Gasteiger partial charge in [0.25, 0.3) is 5.91 Å². The molecular formula is C17H16Cl2N2O2. The van der Waals surface area contributed by atoms with Crippen molar-refractivity contribution < 1.29 is 9.59 Å². The first-order valence-electron chi connectivity index (χ1n) is 6.98. The highest BCUT2D eigenvalue weighted by molar-refractivity contribution is 6.36. The van der Waals surface area contributed by atoms with Crippen LogP contribution in [0.4, 0.5) is 0 Å². The van der Waals surface area contributed by atoms with Crippen molar-refractivity contribution in [2.75, 3.05) is 13.6 Å². The lowest BCUT2D eigenvalue weighted by molar-refractivity contribution is -0.129. The molecule has 2 aromatic carbocycles. The standard InChI is InChI=1S/C17H16Cl2N2O2/c1-21(11-12-5-3-2-4-6-12)16(22)10-20-17(23)14-8-7-13(18)9-15(14)19/h2-9H,10-11H2,1H3,(H,20,23). The Morgan fingerprint density at radius 1 is 1.09 bits per heavy atom. The van der Waals surface area contributed by atoms with E-state index < -0.39 is 5.91 Å². The predicted molar refractivity (Wildman–Crippen MR) is 91.7 cm³/mol. The Bertz CT molecular complexity index is 705. The van der Waals surface area contributed by atoms with Crippen LogP contribution in [0.3, 0.4) is 0 Å². The summed E-state index contributed by atoms with van der Waals surface area (Å²) in [5, 5.41) is 3.27. The van der Waals surface area contributed by atoms with Crippen molar-refractivity contribution in [1.29, 1.82) is 0 Å². The Hall–Kier alpha value is -2.04. The van der Waals surface area contributed by atoms with Gasteiger partial charge in [-0.25, -0.2) is 0 Å². The van der Waals surface area contributed by atoms with Gasteiger partial charge in [-0.15, -0.1) is 0 Å². The molecule has 4 nitrogen and oxygen atoms in total. The van der Waals surface area contributed by atoms with Gasteiger partial charge in [0.15, 0.2) is 0 Å². The minimum atomic E-state index is -0.409. The Morgan fingerprint density at radius 2 is 1.78 bits per heavy atom. The van der Waals surface area contributed by atoms with Crippen molar-refractivity contribution in [3.63, 3.8) is 0 Å². The first-order chi connectivity index (χ1) is 11.0. The quantitative estimate of drug-likeness (QED) is 0.898. The van der Waals surface area contributed by atoms with Crippen LogP contribution in [-0.4, -0.2) is 30.3 Å². The molecule has 0 bridgehead atoms. The molecule has 0 spiro atoms. The van der Waals surface area contributed by atoms with Gasteiger partial charge in [-0.05, 0) is 23.8 Å². The van der Waals surface area contributed by atoms with E-state index in [0.29, 0.717) is 11.6 Å². The number of amides is 2. The van der Waals surface area contributed by atoms with Crippen molar-refractivity contribution in [2.24, 2.45) is 0 Å². The minimum absolute atomic E-state index is 0.0961. The first-order valence-corrected chi connectivity index (χ1v) is 7.74. The maximum atomic E-state index is 12.1. The summed E-state index contributed by atoms with van der Waals surface area (Å²) in [6, 6.07) is 14.2. The highest BCUT2D eigenvalue weighted by atomic mass is 35.5. The Morgan fingerprint density at radius 3 is 2.43 bits per heavy atom. The third-order valence-electron chi connectivity index (χ3n) is 3.26. The van der Waals surface area contributed by atoms with Gasteiger partial charge in [0.1, 0.15) is 0 Å². The first kappa shape index (κ1) is 17.3. The van der Waals surface area contributed by atoms with Gasteiger partial charge in [-0.1, -0.05) is 53.5 Å². The molecule has 0 radical (unpaired) electrons. The van der Waals surface area contributed by atoms with Crippen molar-refractivity contribution in [2.45, 2.75) is 6.54 Å². The van der Waals surface area contributed by atoms with E-state index in [0.717, 1.165) is 5.56 Å². The zero-order valence-corrected chi connectivity index (χ0v) is 14.1. The summed E-state index contributed by atoms with van der Waals surface area (Å²) in [5.41, 5.74) is 1.31. The van der Waals surface area contributed by atoms with E-state index in [2.05, 4.69) is 5.32 Å². The van der Waals surface area contributed by atoms with Crippen molar-refractivity contribution >= 4 is 35.0 Å². The molecule has 2 aromatic rings. The molecule has 0 aliphatic carbocycles. The fourth-order valence-corrected chi connectivity index (χ4v) is 2.50. The zero-order valence-electron chi connectivity index (χ0n) is 12.6. The summed E-state index contributed by atoms with van der Waals surface area (Å²) in [7, 11) is 1.69. The van der Waals surface area contributed by atoms with Gasteiger partial charge >= 0.3 is 0 Å². The number of hydrogen-bond donors (Lipinski definition) is 1. The number of rotatable bonds is 5. The second kappa shape index (κ2) is 7.99. The number of carbonyl (C=O) groups is 2. The van der Waals surface area contributed by atoms with E-state index in [-0.39, 0.29) is 23.0 Å². The molecule has 0 aliphatic heterocycles. The topological polar surface area (TPSA) is 49.4 Å². The van der Waals surface area contributed by atoms with Gasteiger partial charge in [-0.3, -0.25) is 9.59 Å². The summed E-state index contributed by atoms with van der Waals surface area (Å²) in [4.78, 5) is 25.7. The van der Waals surface area contributed by atoms with Crippen LogP contribution in [0, 0.1) is 0 Å². The summed E-state index contributed by atoms with van der Waals surface area (Å²) >= 11 is 11.8. The normalized spacial score (nSPS) is 10.2. The molecule has 1 N–H and O–H groups in total.